The number of hydrogen-bond donors (Lipinski definition) is 2. The monoisotopic (exact) mass is 509 g/mol. The Morgan fingerprint density at radius 2 is 1.96 bits per heavy atom. The van der Waals surface area contributed by atoms with Gasteiger partial charge in [0.15, 0.2) is 5.96 Å². The summed E-state index contributed by atoms with van der Waals surface area (Å²) in [7, 11) is 1.78. The third kappa shape index (κ3) is 11.1. The van der Waals surface area contributed by atoms with Crippen molar-refractivity contribution in [3.8, 4) is 0 Å². The lowest BCUT2D eigenvalue weighted by atomic mass is 10.1. The Kier molecular flexibility index (Phi) is 13.5. The van der Waals surface area contributed by atoms with Gasteiger partial charge in [0.2, 0.25) is 0 Å². The average molecular weight is 509 g/mol. The van der Waals surface area contributed by atoms with Crippen LogP contribution in [0.5, 0.6) is 0 Å². The fourth-order valence-corrected chi connectivity index (χ4v) is 3.03. The summed E-state index contributed by atoms with van der Waals surface area (Å²) in [5.41, 5.74) is -0.478. The Morgan fingerprint density at radius 1 is 1.32 bits per heavy atom. The van der Waals surface area contributed by atoms with Crippen LogP contribution >= 0.6 is 24.0 Å². The molecule has 1 amide bonds. The molecule has 1 fully saturated rings. The van der Waals surface area contributed by atoms with Gasteiger partial charge < -0.3 is 20.3 Å². The molecule has 0 aromatic rings. The largest absolute Gasteiger partial charge is 0.444 e. The van der Waals surface area contributed by atoms with E-state index < -0.39 is 5.60 Å². The van der Waals surface area contributed by atoms with Gasteiger partial charge in [0.25, 0.3) is 0 Å². The lowest BCUT2D eigenvalue weighted by Crippen LogP contribution is -2.50. The number of aliphatic imine (C=N–C) groups is 1. The van der Waals surface area contributed by atoms with E-state index in [1.54, 1.807) is 11.9 Å². The molecule has 1 aliphatic rings. The quantitative estimate of drug-likeness (QED) is 0.228. The topological polar surface area (TPSA) is 69.2 Å². The Balaban J connectivity index is 0.00000729. The second-order valence-corrected chi connectivity index (χ2v) is 7.97. The molecule has 1 saturated heterocycles. The van der Waals surface area contributed by atoms with Gasteiger partial charge in [-0.1, -0.05) is 13.0 Å². The van der Waals surface area contributed by atoms with Crippen LogP contribution in [-0.4, -0.2) is 79.8 Å². The van der Waals surface area contributed by atoms with Crippen LogP contribution in [0.4, 0.5) is 4.79 Å². The molecule has 0 aliphatic carbocycles. The number of halogens is 1. The molecule has 0 aromatic heterocycles. The van der Waals surface area contributed by atoms with Gasteiger partial charge in [0, 0.05) is 52.4 Å². The second-order valence-electron chi connectivity index (χ2n) is 7.97. The zero-order valence-electron chi connectivity index (χ0n) is 18.3. The maximum absolute atomic E-state index is 12.3. The number of carbonyl (C=O) groups is 1. The summed E-state index contributed by atoms with van der Waals surface area (Å²) in [6.07, 6.45) is 4.78. The van der Waals surface area contributed by atoms with E-state index in [0.29, 0.717) is 25.7 Å². The predicted molar refractivity (Wildman–Crippen MR) is 128 cm³/mol. The number of likely N-dealkylation sites (tertiary alicyclic amines) is 1. The van der Waals surface area contributed by atoms with Crippen molar-refractivity contribution in [1.29, 1.82) is 0 Å². The van der Waals surface area contributed by atoms with E-state index in [0.717, 1.165) is 44.9 Å². The average Bonchev–Trinajstić information content (AvgIpc) is 2.60. The smallest absolute Gasteiger partial charge is 0.410 e. The number of piperidine rings is 1. The number of nitrogens with zero attached hydrogens (tertiary/aromatic N) is 3. The second kappa shape index (κ2) is 14.0. The highest BCUT2D eigenvalue weighted by Crippen LogP contribution is 2.11. The van der Waals surface area contributed by atoms with Crippen molar-refractivity contribution in [3.63, 3.8) is 0 Å². The lowest BCUT2D eigenvalue weighted by molar-refractivity contribution is 0.0253. The highest BCUT2D eigenvalue weighted by Gasteiger charge is 2.22. The summed E-state index contributed by atoms with van der Waals surface area (Å²) in [6, 6.07) is 0.426. The third-order valence-corrected chi connectivity index (χ3v) is 4.36. The number of nitrogens with one attached hydrogen (secondary N) is 2. The van der Waals surface area contributed by atoms with Gasteiger partial charge in [-0.2, -0.15) is 0 Å². The Labute approximate surface area is 188 Å². The van der Waals surface area contributed by atoms with Crippen molar-refractivity contribution in [1.82, 2.24) is 20.4 Å². The fourth-order valence-electron chi connectivity index (χ4n) is 3.03. The maximum atomic E-state index is 12.3. The van der Waals surface area contributed by atoms with E-state index >= 15 is 0 Å². The Hall–Kier alpha value is -1.03. The molecular formula is C20H40IN5O2. The van der Waals surface area contributed by atoms with E-state index in [4.69, 9.17) is 4.74 Å². The van der Waals surface area contributed by atoms with E-state index in [-0.39, 0.29) is 30.1 Å². The van der Waals surface area contributed by atoms with Crippen LogP contribution in [-0.2, 0) is 4.74 Å². The van der Waals surface area contributed by atoms with Crippen molar-refractivity contribution in [2.75, 3.05) is 46.3 Å². The molecule has 7 nitrogen and oxygen atoms in total. The van der Waals surface area contributed by atoms with Crippen molar-refractivity contribution < 1.29 is 9.53 Å². The van der Waals surface area contributed by atoms with Gasteiger partial charge >= 0.3 is 6.09 Å². The van der Waals surface area contributed by atoms with E-state index in [1.807, 2.05) is 26.8 Å². The zero-order valence-corrected chi connectivity index (χ0v) is 20.6. The molecule has 8 heteroatoms. The van der Waals surface area contributed by atoms with Crippen LogP contribution in [0.25, 0.3) is 0 Å². The minimum atomic E-state index is -0.478. The van der Waals surface area contributed by atoms with Crippen LogP contribution in [0.15, 0.2) is 17.6 Å². The molecule has 0 spiro atoms. The van der Waals surface area contributed by atoms with Crippen molar-refractivity contribution in [2.45, 2.75) is 58.6 Å². The predicted octanol–water partition coefficient (Wildman–Crippen LogP) is 3.07. The summed E-state index contributed by atoms with van der Waals surface area (Å²) in [5, 5.41) is 6.81. The molecular weight excluding hydrogens is 469 g/mol. The molecule has 0 unspecified atom stereocenters. The molecule has 2 N–H and O–H groups in total. The number of amides is 1. The zero-order chi connectivity index (χ0) is 20.3. The number of rotatable bonds is 8. The molecule has 1 heterocycles. The Morgan fingerprint density at radius 3 is 2.46 bits per heavy atom. The molecule has 28 heavy (non-hydrogen) atoms. The highest BCUT2D eigenvalue weighted by atomic mass is 127. The number of hydrogen-bond acceptors (Lipinski definition) is 4. The van der Waals surface area contributed by atoms with Crippen LogP contribution < -0.4 is 10.6 Å². The van der Waals surface area contributed by atoms with Gasteiger partial charge in [-0.3, -0.25) is 9.89 Å². The minimum Gasteiger partial charge on any atom is -0.444 e. The van der Waals surface area contributed by atoms with Crippen molar-refractivity contribution in [2.24, 2.45) is 4.99 Å². The van der Waals surface area contributed by atoms with Crippen molar-refractivity contribution in [3.05, 3.63) is 12.7 Å². The first-order chi connectivity index (χ1) is 12.8. The van der Waals surface area contributed by atoms with Crippen LogP contribution in [0.2, 0.25) is 0 Å². The van der Waals surface area contributed by atoms with Crippen molar-refractivity contribution >= 4 is 36.0 Å². The summed E-state index contributed by atoms with van der Waals surface area (Å²) in [4.78, 5) is 20.8. The third-order valence-electron chi connectivity index (χ3n) is 4.36. The maximum Gasteiger partial charge on any atom is 0.410 e. The van der Waals surface area contributed by atoms with E-state index in [2.05, 4.69) is 34.0 Å². The summed E-state index contributed by atoms with van der Waals surface area (Å²) in [6.45, 7) is 16.5. The highest BCUT2D eigenvalue weighted by molar-refractivity contribution is 14.0. The molecule has 0 radical (unpaired) electrons. The summed E-state index contributed by atoms with van der Waals surface area (Å²) < 4.78 is 5.49. The molecule has 0 aromatic carbocycles. The van der Waals surface area contributed by atoms with Gasteiger partial charge in [-0.15, -0.1) is 30.6 Å². The van der Waals surface area contributed by atoms with E-state index in [1.165, 1.54) is 0 Å². The number of guanidine groups is 1. The minimum absolute atomic E-state index is 0. The van der Waals surface area contributed by atoms with Gasteiger partial charge in [-0.05, 0) is 40.0 Å². The first-order valence-corrected chi connectivity index (χ1v) is 10.1. The summed E-state index contributed by atoms with van der Waals surface area (Å²) in [5.74, 6) is 0.790. The molecule has 164 valence electrons. The molecule has 1 aliphatic heterocycles. The SMILES string of the molecule is C=CCN1CCC(NC(=NC)NCCN(CCC)C(=O)OC(C)(C)C)CC1.I. The van der Waals surface area contributed by atoms with Gasteiger partial charge in [0.1, 0.15) is 5.60 Å². The standard InChI is InChI=1S/C20H39N5O2.HI/c1-7-12-24-14-9-17(10-15-24)23-18(21-6)22-11-16-25(13-8-2)19(26)27-20(3,4)5;/h7,17H,1,8-16H2,2-6H3,(H2,21,22,23);1H. The van der Waals surface area contributed by atoms with Crippen LogP contribution in [0, 0.1) is 0 Å². The Bertz CT molecular complexity index is 485. The molecule has 0 atom stereocenters. The molecule has 0 bridgehead atoms. The number of carbonyl (C=O) groups excluding carboxylic acids is 1. The first kappa shape index (κ1) is 27.0. The normalized spacial score (nSPS) is 16.1. The van der Waals surface area contributed by atoms with Gasteiger partial charge in [-0.25, -0.2) is 4.79 Å². The lowest BCUT2D eigenvalue weighted by Gasteiger charge is -2.32. The van der Waals surface area contributed by atoms with Gasteiger partial charge in [0.05, 0.1) is 0 Å². The number of ether oxygens (including phenoxy) is 1. The summed E-state index contributed by atoms with van der Waals surface area (Å²) >= 11 is 0. The van der Waals surface area contributed by atoms with E-state index in [9.17, 15) is 4.79 Å². The fraction of sp³-hybridized carbons (Fsp3) is 0.800. The van der Waals surface area contributed by atoms with Crippen LogP contribution in [0.3, 0.4) is 0 Å². The molecule has 1 rings (SSSR count). The van der Waals surface area contributed by atoms with Crippen LogP contribution in [0.1, 0.15) is 47.0 Å². The first-order valence-electron chi connectivity index (χ1n) is 10.1. The molecule has 0 saturated carbocycles.